The van der Waals surface area contributed by atoms with Crippen LogP contribution in [0.5, 0.6) is 0 Å². The number of hydrogen-bond donors (Lipinski definition) is 1. The molecular formula is C9H24N2. The van der Waals surface area contributed by atoms with E-state index in [9.17, 15) is 0 Å². The van der Waals surface area contributed by atoms with Crippen molar-refractivity contribution in [3.8, 4) is 0 Å². The molecule has 0 spiro atoms. The first kappa shape index (κ1) is 10.9. The van der Waals surface area contributed by atoms with Crippen LogP contribution in [-0.4, -0.2) is 37.1 Å². The number of hydrogen-bond acceptors (Lipinski definition) is 2. The lowest BCUT2D eigenvalue weighted by atomic mass is 10.2. The van der Waals surface area contributed by atoms with Crippen LogP contribution in [0.2, 0.25) is 0 Å². The topological polar surface area (TPSA) is 15.3 Å². The molecule has 0 aromatic rings. The van der Waals surface area contributed by atoms with E-state index in [1.807, 2.05) is 13.8 Å². The lowest BCUT2D eigenvalue weighted by Crippen LogP contribution is -2.48. The molecule has 1 aliphatic heterocycles. The van der Waals surface area contributed by atoms with Gasteiger partial charge in [-0.3, -0.25) is 0 Å². The van der Waals surface area contributed by atoms with Crippen molar-refractivity contribution < 1.29 is 1.43 Å². The molecule has 0 aliphatic carbocycles. The average Bonchev–Trinajstić information content (AvgIpc) is 2.08. The molecule has 1 unspecified atom stereocenters. The van der Waals surface area contributed by atoms with Gasteiger partial charge in [-0.2, -0.15) is 0 Å². The standard InChI is InChI=1S/C7H16N2.C2H6.H2/c1-3-9-5-4-8-7(2)6-9;1-2;/h7-8H,3-6H2,1-2H3;1-2H3;1H. The summed E-state index contributed by atoms with van der Waals surface area (Å²) < 4.78 is 0. The molecule has 11 heavy (non-hydrogen) atoms. The summed E-state index contributed by atoms with van der Waals surface area (Å²) in [6.45, 7) is 13.3. The van der Waals surface area contributed by atoms with E-state index in [1.54, 1.807) is 0 Å². The Hall–Kier alpha value is -0.0800. The van der Waals surface area contributed by atoms with Crippen molar-refractivity contribution >= 4 is 0 Å². The molecule has 0 amide bonds. The maximum Gasteiger partial charge on any atom is 0.0167 e. The smallest absolute Gasteiger partial charge is 0.0167 e. The SMILES string of the molecule is CC.CCN1CCNC(C)C1.[HH]. The summed E-state index contributed by atoms with van der Waals surface area (Å²) in [5.74, 6) is 0. The fraction of sp³-hybridized carbons (Fsp3) is 1.00. The van der Waals surface area contributed by atoms with E-state index in [-0.39, 0.29) is 1.43 Å². The Morgan fingerprint density at radius 1 is 1.55 bits per heavy atom. The second-order valence-corrected chi connectivity index (χ2v) is 2.75. The van der Waals surface area contributed by atoms with E-state index in [1.165, 1.54) is 19.6 Å². The first-order valence-corrected chi connectivity index (χ1v) is 4.78. The molecule has 0 aromatic carbocycles. The third kappa shape index (κ3) is 4.38. The fourth-order valence-corrected chi connectivity index (χ4v) is 1.30. The number of likely N-dealkylation sites (N-methyl/N-ethyl adjacent to an activating group) is 1. The third-order valence-electron chi connectivity index (χ3n) is 1.90. The summed E-state index contributed by atoms with van der Waals surface area (Å²) in [7, 11) is 0. The van der Waals surface area contributed by atoms with Gasteiger partial charge in [0.05, 0.1) is 0 Å². The van der Waals surface area contributed by atoms with Gasteiger partial charge in [0.15, 0.2) is 0 Å². The normalized spacial score (nSPS) is 25.6. The highest BCUT2D eigenvalue weighted by atomic mass is 15.2. The first-order chi connectivity index (χ1) is 5.33. The Morgan fingerprint density at radius 2 is 2.18 bits per heavy atom. The van der Waals surface area contributed by atoms with Gasteiger partial charge in [0.1, 0.15) is 0 Å². The van der Waals surface area contributed by atoms with Crippen molar-refractivity contribution in [2.24, 2.45) is 0 Å². The molecule has 0 bridgehead atoms. The van der Waals surface area contributed by atoms with Crippen molar-refractivity contribution in [3.63, 3.8) is 0 Å². The average molecular weight is 160 g/mol. The van der Waals surface area contributed by atoms with Gasteiger partial charge >= 0.3 is 0 Å². The van der Waals surface area contributed by atoms with E-state index < -0.39 is 0 Å². The monoisotopic (exact) mass is 160 g/mol. The molecule has 1 N–H and O–H groups in total. The highest BCUT2D eigenvalue weighted by Gasteiger charge is 2.12. The second-order valence-electron chi connectivity index (χ2n) is 2.75. The van der Waals surface area contributed by atoms with Crippen LogP contribution in [0.1, 0.15) is 29.1 Å². The zero-order valence-electron chi connectivity index (χ0n) is 8.35. The van der Waals surface area contributed by atoms with Gasteiger partial charge in [0, 0.05) is 27.1 Å². The van der Waals surface area contributed by atoms with Crippen LogP contribution in [0.3, 0.4) is 0 Å². The van der Waals surface area contributed by atoms with Gasteiger partial charge in [0.2, 0.25) is 0 Å². The van der Waals surface area contributed by atoms with Gasteiger partial charge in [0.25, 0.3) is 0 Å². The summed E-state index contributed by atoms with van der Waals surface area (Å²) in [5.41, 5.74) is 0. The Balaban J connectivity index is 0. The number of piperazine rings is 1. The van der Waals surface area contributed by atoms with Crippen LogP contribution in [0.15, 0.2) is 0 Å². The summed E-state index contributed by atoms with van der Waals surface area (Å²) in [5, 5.41) is 3.40. The highest BCUT2D eigenvalue weighted by molar-refractivity contribution is 4.73. The summed E-state index contributed by atoms with van der Waals surface area (Å²) >= 11 is 0. The van der Waals surface area contributed by atoms with Gasteiger partial charge < -0.3 is 10.2 Å². The molecule has 1 atom stereocenters. The van der Waals surface area contributed by atoms with Gasteiger partial charge in [-0.25, -0.2) is 0 Å². The predicted octanol–water partition coefficient (Wildman–Crippen LogP) is 1.57. The van der Waals surface area contributed by atoms with E-state index in [2.05, 4.69) is 24.1 Å². The summed E-state index contributed by atoms with van der Waals surface area (Å²) in [6, 6.07) is 0.693. The Kier molecular flexibility index (Phi) is 6.57. The zero-order chi connectivity index (χ0) is 8.69. The molecule has 0 saturated carbocycles. The summed E-state index contributed by atoms with van der Waals surface area (Å²) in [6.07, 6.45) is 0. The van der Waals surface area contributed by atoms with Crippen molar-refractivity contribution in [3.05, 3.63) is 0 Å². The van der Waals surface area contributed by atoms with Crippen LogP contribution in [-0.2, 0) is 0 Å². The zero-order valence-corrected chi connectivity index (χ0v) is 8.35. The van der Waals surface area contributed by atoms with Crippen molar-refractivity contribution in [2.45, 2.75) is 33.7 Å². The van der Waals surface area contributed by atoms with E-state index >= 15 is 0 Å². The Bertz CT molecular complexity index is 88.6. The van der Waals surface area contributed by atoms with Crippen LogP contribution < -0.4 is 5.32 Å². The highest BCUT2D eigenvalue weighted by Crippen LogP contribution is 1.95. The first-order valence-electron chi connectivity index (χ1n) is 4.78. The maximum atomic E-state index is 3.40. The van der Waals surface area contributed by atoms with Gasteiger partial charge in [-0.15, -0.1) is 0 Å². The second kappa shape index (κ2) is 6.62. The number of nitrogens with one attached hydrogen (secondary N) is 1. The van der Waals surface area contributed by atoms with E-state index in [0.717, 1.165) is 6.54 Å². The molecule has 1 heterocycles. The molecular weight excluding hydrogens is 136 g/mol. The van der Waals surface area contributed by atoms with Crippen LogP contribution in [0.4, 0.5) is 0 Å². The van der Waals surface area contributed by atoms with Gasteiger partial charge in [-0.05, 0) is 13.5 Å². The number of nitrogens with zero attached hydrogens (tertiary/aromatic N) is 1. The minimum atomic E-state index is 0. The molecule has 2 heteroatoms. The maximum absolute atomic E-state index is 3.40. The molecule has 70 valence electrons. The lowest BCUT2D eigenvalue weighted by molar-refractivity contribution is 0.217. The van der Waals surface area contributed by atoms with Crippen LogP contribution in [0, 0.1) is 0 Å². The number of rotatable bonds is 1. The quantitative estimate of drug-likeness (QED) is 0.626. The molecule has 2 nitrogen and oxygen atoms in total. The minimum Gasteiger partial charge on any atom is -0.312 e. The van der Waals surface area contributed by atoms with Crippen LogP contribution >= 0.6 is 0 Å². The predicted molar refractivity (Wildman–Crippen MR) is 53.0 cm³/mol. The molecule has 0 aromatic heterocycles. The van der Waals surface area contributed by atoms with Gasteiger partial charge in [-0.1, -0.05) is 20.8 Å². The molecule has 1 aliphatic rings. The van der Waals surface area contributed by atoms with E-state index in [4.69, 9.17) is 0 Å². The Labute approximate surface area is 72.5 Å². The van der Waals surface area contributed by atoms with Crippen molar-refractivity contribution in [1.29, 1.82) is 0 Å². The lowest BCUT2D eigenvalue weighted by Gasteiger charge is -2.30. The van der Waals surface area contributed by atoms with Crippen LogP contribution in [0.25, 0.3) is 0 Å². The Morgan fingerprint density at radius 3 is 2.55 bits per heavy atom. The molecule has 1 fully saturated rings. The molecule has 1 saturated heterocycles. The largest absolute Gasteiger partial charge is 0.312 e. The molecule has 0 radical (unpaired) electrons. The van der Waals surface area contributed by atoms with Crippen molar-refractivity contribution in [2.75, 3.05) is 26.2 Å². The molecule has 1 rings (SSSR count). The summed E-state index contributed by atoms with van der Waals surface area (Å²) in [4.78, 5) is 2.47. The van der Waals surface area contributed by atoms with Crippen molar-refractivity contribution in [1.82, 2.24) is 10.2 Å². The van der Waals surface area contributed by atoms with E-state index in [0.29, 0.717) is 6.04 Å². The minimum absolute atomic E-state index is 0. The fourth-order valence-electron chi connectivity index (χ4n) is 1.30. The third-order valence-corrected chi connectivity index (χ3v) is 1.90.